The van der Waals surface area contributed by atoms with Crippen LogP contribution < -0.4 is 26.3 Å². The van der Waals surface area contributed by atoms with Gasteiger partial charge < -0.3 is 29.9 Å². The number of amides is 3. The molecule has 0 saturated heterocycles. The number of fused-ring (bicyclic) bond motifs is 3. The van der Waals surface area contributed by atoms with Crippen LogP contribution in [0.1, 0.15) is 64.2 Å². The van der Waals surface area contributed by atoms with Crippen molar-refractivity contribution in [2.24, 2.45) is 0 Å². The summed E-state index contributed by atoms with van der Waals surface area (Å²) in [7, 11) is -3.09. The van der Waals surface area contributed by atoms with E-state index in [1.807, 2.05) is 60.7 Å². The Bertz CT molecular complexity index is 2330. The second-order valence-corrected chi connectivity index (χ2v) is 20.8. The van der Waals surface area contributed by atoms with E-state index in [1.165, 1.54) is 0 Å². The molecular formula is C50H51N3O6Si. The maximum atomic E-state index is 14.2. The fourth-order valence-corrected chi connectivity index (χ4v) is 12.0. The van der Waals surface area contributed by atoms with Gasteiger partial charge in [-0.25, -0.2) is 9.59 Å². The number of ether oxygens (including phenoxy) is 2. The van der Waals surface area contributed by atoms with Gasteiger partial charge >= 0.3 is 12.2 Å². The zero-order valence-corrected chi connectivity index (χ0v) is 35.9. The molecule has 6 rings (SSSR count). The predicted octanol–water partition coefficient (Wildman–Crippen LogP) is 7.99. The average Bonchev–Trinajstić information content (AvgIpc) is 3.54. The molecule has 0 bridgehead atoms. The Balaban J connectivity index is 1.20. The number of benzene rings is 5. The van der Waals surface area contributed by atoms with E-state index in [0.29, 0.717) is 11.3 Å². The quantitative estimate of drug-likeness (QED) is 0.0921. The molecule has 9 nitrogen and oxygen atoms in total. The monoisotopic (exact) mass is 817 g/mol. The molecule has 0 aromatic heterocycles. The SMILES string of the molecule is CC(C)(C)OC(=O)NCC#CC#Cc1ccc(NC(=O)C(CO[Si](c2ccccc2)(c2ccccc2)C(C)(C)C)NC(=O)OCC2c3ccccc3-c3ccccc32)cc1. The zero-order valence-electron chi connectivity index (χ0n) is 34.9. The van der Waals surface area contributed by atoms with E-state index in [-0.39, 0.29) is 30.7 Å². The van der Waals surface area contributed by atoms with Gasteiger partial charge in [0.15, 0.2) is 0 Å². The predicted molar refractivity (Wildman–Crippen MR) is 240 cm³/mol. The molecule has 0 radical (unpaired) electrons. The molecule has 10 heteroatoms. The minimum absolute atomic E-state index is 0.0941. The van der Waals surface area contributed by atoms with Crippen LogP contribution in [0.5, 0.6) is 0 Å². The fourth-order valence-electron chi connectivity index (χ4n) is 7.42. The molecule has 0 fully saturated rings. The Kier molecular flexibility index (Phi) is 13.6. The number of anilines is 1. The van der Waals surface area contributed by atoms with Gasteiger partial charge in [-0.3, -0.25) is 4.79 Å². The van der Waals surface area contributed by atoms with Crippen LogP contribution in [-0.4, -0.2) is 57.8 Å². The average molecular weight is 818 g/mol. The van der Waals surface area contributed by atoms with Crippen molar-refractivity contribution in [2.45, 2.75) is 64.1 Å². The number of hydrogen-bond acceptors (Lipinski definition) is 6. The Hall–Kier alpha value is -6.59. The van der Waals surface area contributed by atoms with Crippen LogP contribution in [0, 0.1) is 23.7 Å². The number of rotatable bonds is 11. The molecule has 0 heterocycles. The van der Waals surface area contributed by atoms with Gasteiger partial charge in [0, 0.05) is 17.2 Å². The lowest BCUT2D eigenvalue weighted by atomic mass is 9.98. The highest BCUT2D eigenvalue weighted by Crippen LogP contribution is 2.44. The summed E-state index contributed by atoms with van der Waals surface area (Å²) in [6.07, 6.45) is -1.27. The van der Waals surface area contributed by atoms with E-state index in [0.717, 1.165) is 32.6 Å². The molecule has 1 unspecified atom stereocenters. The molecule has 5 aromatic rings. The van der Waals surface area contributed by atoms with Crippen molar-refractivity contribution >= 4 is 42.5 Å². The van der Waals surface area contributed by atoms with Crippen LogP contribution in [-0.2, 0) is 18.7 Å². The van der Waals surface area contributed by atoms with Crippen LogP contribution in [0.4, 0.5) is 15.3 Å². The van der Waals surface area contributed by atoms with Crippen molar-refractivity contribution in [1.29, 1.82) is 0 Å². The van der Waals surface area contributed by atoms with Crippen LogP contribution in [0.2, 0.25) is 5.04 Å². The largest absolute Gasteiger partial charge is 0.449 e. The first-order chi connectivity index (χ1) is 28.7. The molecule has 1 aliphatic carbocycles. The topological polar surface area (TPSA) is 115 Å². The first kappa shape index (κ1) is 43.0. The first-order valence-electron chi connectivity index (χ1n) is 20.0. The molecule has 306 valence electrons. The maximum absolute atomic E-state index is 14.2. The smallest absolute Gasteiger partial charge is 0.408 e. The summed E-state index contributed by atoms with van der Waals surface area (Å²) in [5.41, 5.74) is 5.00. The summed E-state index contributed by atoms with van der Waals surface area (Å²) in [5.74, 6) is 10.6. The van der Waals surface area contributed by atoms with E-state index in [9.17, 15) is 14.4 Å². The normalized spacial score (nSPS) is 12.6. The molecule has 3 N–H and O–H groups in total. The van der Waals surface area contributed by atoms with Gasteiger partial charge in [-0.1, -0.05) is 142 Å². The third-order valence-electron chi connectivity index (χ3n) is 10.1. The van der Waals surface area contributed by atoms with E-state index in [4.69, 9.17) is 13.9 Å². The number of carbonyl (C=O) groups is 3. The van der Waals surface area contributed by atoms with Gasteiger partial charge in [-0.05, 0) is 94.5 Å². The molecule has 1 atom stereocenters. The van der Waals surface area contributed by atoms with Crippen LogP contribution in [0.3, 0.4) is 0 Å². The minimum Gasteiger partial charge on any atom is -0.449 e. The minimum atomic E-state index is -3.09. The lowest BCUT2D eigenvalue weighted by Gasteiger charge is -2.43. The highest BCUT2D eigenvalue weighted by atomic mass is 28.4. The van der Waals surface area contributed by atoms with Crippen molar-refractivity contribution in [3.05, 3.63) is 150 Å². The lowest BCUT2D eigenvalue weighted by molar-refractivity contribution is -0.118. The molecule has 0 saturated carbocycles. The van der Waals surface area contributed by atoms with Crippen molar-refractivity contribution in [2.75, 3.05) is 25.1 Å². The van der Waals surface area contributed by atoms with Crippen molar-refractivity contribution in [3.8, 4) is 34.8 Å². The standard InChI is InChI=1S/C50H51N3O6Si/c1-49(2,3)59-47(55)51-33-19-9-10-20-36-29-31-37(32-30-36)52-46(54)45(35-58-60(50(4,5)6,38-21-11-7-12-22-38)39-23-13-8-14-24-39)53-48(56)57-34-44-42-27-17-15-25-40(42)41-26-16-18-28-43(41)44/h7-8,11-18,21-32,44-45H,33-35H2,1-6H3,(H,51,55)(H,52,54)(H,53,56). The number of nitrogens with one attached hydrogen (secondary N) is 3. The molecule has 0 aliphatic heterocycles. The van der Waals surface area contributed by atoms with Gasteiger partial charge in [-0.2, -0.15) is 0 Å². The maximum Gasteiger partial charge on any atom is 0.408 e. The summed E-state index contributed by atoms with van der Waals surface area (Å²) < 4.78 is 18.3. The summed E-state index contributed by atoms with van der Waals surface area (Å²) >= 11 is 0. The fraction of sp³-hybridized carbons (Fsp3) is 0.260. The molecule has 1 aliphatic rings. The summed E-state index contributed by atoms with van der Waals surface area (Å²) in [6, 6.07) is 42.4. The Morgan fingerprint density at radius 2 is 1.23 bits per heavy atom. The van der Waals surface area contributed by atoms with Gasteiger partial charge in [0.25, 0.3) is 8.32 Å². The molecule has 5 aromatic carbocycles. The Morgan fingerprint density at radius 1 is 0.683 bits per heavy atom. The van der Waals surface area contributed by atoms with E-state index in [2.05, 4.69) is 109 Å². The van der Waals surface area contributed by atoms with E-state index in [1.54, 1.807) is 45.0 Å². The third-order valence-corrected chi connectivity index (χ3v) is 15.1. The Morgan fingerprint density at radius 3 is 1.78 bits per heavy atom. The molecule has 3 amide bonds. The van der Waals surface area contributed by atoms with Crippen molar-refractivity contribution < 1.29 is 28.3 Å². The lowest BCUT2D eigenvalue weighted by Crippen LogP contribution is -2.67. The van der Waals surface area contributed by atoms with E-state index < -0.39 is 38.1 Å². The number of carbonyl (C=O) groups excluding carboxylic acids is 3. The number of hydrogen-bond donors (Lipinski definition) is 3. The zero-order chi connectivity index (χ0) is 42.8. The van der Waals surface area contributed by atoms with Crippen LogP contribution in [0.15, 0.2) is 133 Å². The van der Waals surface area contributed by atoms with Crippen molar-refractivity contribution in [1.82, 2.24) is 10.6 Å². The molecule has 60 heavy (non-hydrogen) atoms. The summed E-state index contributed by atoms with van der Waals surface area (Å²) in [6.45, 7) is 11.9. The van der Waals surface area contributed by atoms with Gasteiger partial charge in [0.2, 0.25) is 5.91 Å². The second-order valence-electron chi connectivity index (χ2n) is 16.5. The molecular weight excluding hydrogens is 767 g/mol. The van der Waals surface area contributed by atoms with Crippen LogP contribution in [0.25, 0.3) is 11.1 Å². The number of alkyl carbamates (subject to hydrolysis) is 2. The first-order valence-corrected chi connectivity index (χ1v) is 21.9. The van der Waals surface area contributed by atoms with Gasteiger partial charge in [-0.15, -0.1) is 0 Å². The summed E-state index contributed by atoms with van der Waals surface area (Å²) in [5, 5.41) is 10.1. The molecule has 0 spiro atoms. The highest BCUT2D eigenvalue weighted by Gasteiger charge is 2.50. The van der Waals surface area contributed by atoms with Gasteiger partial charge in [0.1, 0.15) is 18.2 Å². The van der Waals surface area contributed by atoms with Crippen molar-refractivity contribution in [3.63, 3.8) is 0 Å². The third kappa shape index (κ3) is 10.5. The highest BCUT2D eigenvalue weighted by molar-refractivity contribution is 6.99. The van der Waals surface area contributed by atoms with Gasteiger partial charge in [0.05, 0.1) is 13.2 Å². The second kappa shape index (κ2) is 19.0. The Labute approximate surface area is 354 Å². The van der Waals surface area contributed by atoms with E-state index >= 15 is 0 Å². The van der Waals surface area contributed by atoms with Crippen LogP contribution >= 0.6 is 0 Å². The summed E-state index contributed by atoms with van der Waals surface area (Å²) in [4.78, 5) is 39.8.